The fourth-order valence-corrected chi connectivity index (χ4v) is 3.40. The lowest BCUT2D eigenvalue weighted by Gasteiger charge is -2.13. The van der Waals surface area contributed by atoms with Gasteiger partial charge in [0.05, 0.1) is 23.4 Å². The number of rotatable bonds is 1. The van der Waals surface area contributed by atoms with Crippen LogP contribution in [0.15, 0.2) is 12.4 Å². The van der Waals surface area contributed by atoms with Crippen LogP contribution in [0.25, 0.3) is 0 Å². The average Bonchev–Trinajstić information content (AvgIpc) is 2.83. The first-order chi connectivity index (χ1) is 9.08. The van der Waals surface area contributed by atoms with E-state index in [2.05, 4.69) is 15.5 Å². The molecule has 0 spiro atoms. The third-order valence-electron chi connectivity index (χ3n) is 3.44. The molecule has 0 saturated carbocycles. The molecule has 0 aliphatic carbocycles. The van der Waals surface area contributed by atoms with Crippen molar-refractivity contribution in [2.45, 2.75) is 12.2 Å². The van der Waals surface area contributed by atoms with Gasteiger partial charge in [-0.15, -0.1) is 11.8 Å². The molecule has 1 aliphatic rings. The van der Waals surface area contributed by atoms with E-state index in [1.807, 2.05) is 38.1 Å². The monoisotopic (exact) mass is 277 g/mol. The summed E-state index contributed by atoms with van der Waals surface area (Å²) in [5.41, 5.74) is 3.29. The highest BCUT2D eigenvalue weighted by atomic mass is 32.2. The van der Waals surface area contributed by atoms with E-state index in [1.54, 1.807) is 16.4 Å². The van der Waals surface area contributed by atoms with Crippen LogP contribution in [0.2, 0.25) is 0 Å². The number of aromatic nitrogens is 4. The molecule has 1 aliphatic heterocycles. The first-order valence-electron chi connectivity index (χ1n) is 5.99. The van der Waals surface area contributed by atoms with E-state index in [-0.39, 0.29) is 11.2 Å². The molecular weight excluding hydrogens is 262 g/mol. The molecule has 1 amide bonds. The predicted octanol–water partition coefficient (Wildman–Crippen LogP) is 1.24. The lowest BCUT2D eigenvalue weighted by molar-refractivity contribution is -0.113. The Balaban J connectivity index is 2.12. The fourth-order valence-electron chi connectivity index (χ4n) is 2.25. The van der Waals surface area contributed by atoms with Gasteiger partial charge in [-0.25, -0.2) is 0 Å². The van der Waals surface area contributed by atoms with Crippen LogP contribution >= 0.6 is 11.8 Å². The van der Waals surface area contributed by atoms with Gasteiger partial charge in [-0.1, -0.05) is 0 Å². The van der Waals surface area contributed by atoms with Gasteiger partial charge >= 0.3 is 0 Å². The fraction of sp³-hybridized carbons (Fsp3) is 0.417. The molecule has 0 unspecified atom stereocenters. The number of carbonyl (C=O) groups is 1. The minimum absolute atomic E-state index is 0.0129. The van der Waals surface area contributed by atoms with Crippen molar-refractivity contribution in [3.05, 3.63) is 29.2 Å². The number of carbonyl (C=O) groups excluding carboxylic acids is 1. The third kappa shape index (κ3) is 1.94. The van der Waals surface area contributed by atoms with E-state index >= 15 is 0 Å². The van der Waals surface area contributed by atoms with Gasteiger partial charge in [0.1, 0.15) is 5.82 Å². The number of amides is 1. The smallest absolute Gasteiger partial charge is 0.235 e. The Morgan fingerprint density at radius 1 is 1.26 bits per heavy atom. The van der Waals surface area contributed by atoms with Crippen LogP contribution in [-0.4, -0.2) is 31.2 Å². The molecule has 2 aromatic heterocycles. The van der Waals surface area contributed by atoms with Gasteiger partial charge in [0.2, 0.25) is 5.91 Å². The summed E-state index contributed by atoms with van der Waals surface area (Å²) < 4.78 is 3.56. The third-order valence-corrected chi connectivity index (χ3v) is 4.71. The van der Waals surface area contributed by atoms with E-state index in [1.165, 1.54) is 0 Å². The highest BCUT2D eigenvalue weighted by Gasteiger charge is 2.28. The van der Waals surface area contributed by atoms with Crippen molar-refractivity contribution in [2.24, 2.45) is 14.1 Å². The quantitative estimate of drug-likeness (QED) is 0.851. The number of thioether (sulfide) groups is 1. The molecule has 3 rings (SSSR count). The predicted molar refractivity (Wildman–Crippen MR) is 74.1 cm³/mol. The molecule has 0 fully saturated rings. The number of aryl methyl sites for hydroxylation is 2. The number of nitrogens with one attached hydrogen (secondary N) is 1. The topological polar surface area (TPSA) is 64.7 Å². The van der Waals surface area contributed by atoms with Crippen molar-refractivity contribution in [3.8, 4) is 0 Å². The summed E-state index contributed by atoms with van der Waals surface area (Å²) in [6, 6.07) is 0. The summed E-state index contributed by atoms with van der Waals surface area (Å²) in [5, 5.41) is 11.5. The van der Waals surface area contributed by atoms with Crippen LogP contribution in [0.1, 0.15) is 22.1 Å². The number of fused-ring (bicyclic) bond motifs is 1. The number of hydrogen-bond donors (Lipinski definition) is 1. The van der Waals surface area contributed by atoms with E-state index < -0.39 is 0 Å². The lowest BCUT2D eigenvalue weighted by atomic mass is 10.1. The first kappa shape index (κ1) is 12.3. The molecule has 0 radical (unpaired) electrons. The Morgan fingerprint density at radius 2 is 1.95 bits per heavy atom. The summed E-state index contributed by atoms with van der Waals surface area (Å²) in [4.78, 5) is 11.8. The van der Waals surface area contributed by atoms with Gasteiger partial charge in [0, 0.05) is 30.9 Å². The molecule has 6 nitrogen and oxygen atoms in total. The maximum atomic E-state index is 11.8. The zero-order valence-corrected chi connectivity index (χ0v) is 11.9. The van der Waals surface area contributed by atoms with Gasteiger partial charge in [0.15, 0.2) is 0 Å². The molecule has 0 bridgehead atoms. The second kappa shape index (κ2) is 4.41. The van der Waals surface area contributed by atoms with Crippen molar-refractivity contribution < 1.29 is 4.79 Å². The van der Waals surface area contributed by atoms with Crippen LogP contribution in [0.5, 0.6) is 0 Å². The van der Waals surface area contributed by atoms with E-state index in [4.69, 9.17) is 0 Å². The van der Waals surface area contributed by atoms with Crippen molar-refractivity contribution in [1.29, 1.82) is 0 Å². The summed E-state index contributed by atoms with van der Waals surface area (Å²) in [6.07, 6.45) is 3.70. The van der Waals surface area contributed by atoms with E-state index in [0.29, 0.717) is 5.75 Å². The Bertz CT molecular complexity index is 645. The van der Waals surface area contributed by atoms with Crippen LogP contribution < -0.4 is 5.32 Å². The maximum Gasteiger partial charge on any atom is 0.235 e. The average molecular weight is 277 g/mol. The zero-order chi connectivity index (χ0) is 13.6. The lowest BCUT2D eigenvalue weighted by Crippen LogP contribution is -2.15. The highest BCUT2D eigenvalue weighted by molar-refractivity contribution is 8.00. The molecule has 0 aromatic carbocycles. The number of hydrogen-bond acceptors (Lipinski definition) is 4. The summed E-state index contributed by atoms with van der Waals surface area (Å²) in [6.45, 7) is 2.04. The van der Waals surface area contributed by atoms with Gasteiger partial charge < -0.3 is 5.32 Å². The molecule has 19 heavy (non-hydrogen) atoms. The zero-order valence-electron chi connectivity index (χ0n) is 11.0. The normalized spacial score (nSPS) is 18.9. The van der Waals surface area contributed by atoms with Crippen LogP contribution in [0, 0.1) is 6.92 Å². The van der Waals surface area contributed by atoms with Gasteiger partial charge in [0.25, 0.3) is 0 Å². The van der Waals surface area contributed by atoms with E-state index in [0.717, 1.165) is 22.6 Å². The Morgan fingerprint density at radius 3 is 2.63 bits per heavy atom. The second-order valence-electron chi connectivity index (χ2n) is 4.62. The highest BCUT2D eigenvalue weighted by Crippen LogP contribution is 2.41. The molecule has 1 atom stereocenters. The molecule has 7 heteroatoms. The molecule has 100 valence electrons. The van der Waals surface area contributed by atoms with Crippen LogP contribution in [0.4, 0.5) is 5.82 Å². The maximum absolute atomic E-state index is 11.8. The Hall–Kier alpha value is -1.76. The molecule has 0 saturated heterocycles. The number of nitrogens with zero attached hydrogens (tertiary/aromatic N) is 4. The molecule has 2 aromatic rings. The van der Waals surface area contributed by atoms with Gasteiger partial charge in [-0.05, 0) is 6.92 Å². The van der Waals surface area contributed by atoms with Crippen molar-refractivity contribution in [2.75, 3.05) is 11.1 Å². The Labute approximate surface area is 115 Å². The van der Waals surface area contributed by atoms with E-state index in [9.17, 15) is 4.79 Å². The standard InChI is InChI=1S/C12H15N5OS/c1-7-8(4-13-16(7)2)11-9-5-14-17(3)12(9)15-10(18)6-19-11/h4-5,11H,6H2,1-3H3,(H,15,18)/t11-/m0/s1. The molecular formula is C12H15N5OS. The van der Waals surface area contributed by atoms with Crippen molar-refractivity contribution in [3.63, 3.8) is 0 Å². The molecule has 3 heterocycles. The second-order valence-corrected chi connectivity index (χ2v) is 5.71. The minimum Gasteiger partial charge on any atom is -0.310 e. The minimum atomic E-state index is 0.0129. The van der Waals surface area contributed by atoms with Crippen molar-refractivity contribution in [1.82, 2.24) is 19.6 Å². The molecule has 1 N–H and O–H groups in total. The largest absolute Gasteiger partial charge is 0.310 e. The van der Waals surface area contributed by atoms with Gasteiger partial charge in [-0.3, -0.25) is 14.2 Å². The van der Waals surface area contributed by atoms with Crippen molar-refractivity contribution >= 4 is 23.5 Å². The van der Waals surface area contributed by atoms with Crippen LogP contribution in [0.3, 0.4) is 0 Å². The summed E-state index contributed by atoms with van der Waals surface area (Å²) in [7, 11) is 3.76. The number of anilines is 1. The SMILES string of the molecule is Cc1c([C@@H]2SCC(=O)Nc3c2cnn3C)cnn1C. The first-order valence-corrected chi connectivity index (χ1v) is 7.04. The Kier molecular flexibility index (Phi) is 2.85. The summed E-state index contributed by atoms with van der Waals surface area (Å²) >= 11 is 1.61. The van der Waals surface area contributed by atoms with Gasteiger partial charge in [-0.2, -0.15) is 10.2 Å². The van der Waals surface area contributed by atoms with Crippen LogP contribution in [-0.2, 0) is 18.9 Å². The summed E-state index contributed by atoms with van der Waals surface area (Å²) in [5.74, 6) is 1.23.